The van der Waals surface area contributed by atoms with Gasteiger partial charge in [0.15, 0.2) is 9.84 Å². The number of hydrogen-bond donors (Lipinski definition) is 1. The summed E-state index contributed by atoms with van der Waals surface area (Å²) in [5.74, 6) is 1.59. The van der Waals surface area contributed by atoms with Crippen LogP contribution in [0.15, 0.2) is 48.5 Å². The summed E-state index contributed by atoms with van der Waals surface area (Å²) in [6.45, 7) is 0. The van der Waals surface area contributed by atoms with Gasteiger partial charge >= 0.3 is 0 Å². The molecule has 156 valence electrons. The minimum atomic E-state index is -2.99. The van der Waals surface area contributed by atoms with Crippen LogP contribution in [0.5, 0.6) is 11.5 Å². The Hall–Kier alpha value is -2.54. The molecule has 1 fully saturated rings. The van der Waals surface area contributed by atoms with E-state index in [1.165, 1.54) is 0 Å². The lowest BCUT2D eigenvalue weighted by Crippen LogP contribution is -2.31. The fraction of sp³-hybridized carbons (Fsp3) is 0.409. The molecule has 2 aromatic rings. The number of methoxy groups -OCH3 is 2. The molecule has 0 aliphatic carbocycles. The van der Waals surface area contributed by atoms with Crippen molar-refractivity contribution in [1.29, 1.82) is 0 Å². The first-order chi connectivity index (χ1) is 13.9. The van der Waals surface area contributed by atoms with Crippen LogP contribution >= 0.6 is 0 Å². The van der Waals surface area contributed by atoms with Gasteiger partial charge in [-0.1, -0.05) is 24.3 Å². The molecular formula is C22H27NO5S. The zero-order chi connectivity index (χ0) is 20.9. The number of amides is 1. The van der Waals surface area contributed by atoms with Gasteiger partial charge in [-0.3, -0.25) is 4.79 Å². The van der Waals surface area contributed by atoms with E-state index in [0.29, 0.717) is 12.8 Å². The molecule has 0 aromatic heterocycles. The zero-order valence-corrected chi connectivity index (χ0v) is 17.6. The maximum atomic E-state index is 12.7. The molecule has 6 nitrogen and oxygen atoms in total. The second kappa shape index (κ2) is 9.31. The first-order valence-corrected chi connectivity index (χ1v) is 11.5. The van der Waals surface area contributed by atoms with E-state index in [9.17, 15) is 13.2 Å². The molecule has 1 saturated heterocycles. The number of sulfone groups is 1. The Morgan fingerprint density at radius 2 is 1.62 bits per heavy atom. The normalized spacial score (nSPS) is 18.8. The van der Waals surface area contributed by atoms with Gasteiger partial charge in [-0.2, -0.15) is 0 Å². The molecule has 0 saturated carbocycles. The van der Waals surface area contributed by atoms with E-state index < -0.39 is 9.84 Å². The maximum absolute atomic E-state index is 12.7. The minimum Gasteiger partial charge on any atom is -0.497 e. The number of carbonyl (C=O) groups excluding carboxylic acids is 1. The predicted molar refractivity (Wildman–Crippen MR) is 112 cm³/mol. The molecule has 0 spiro atoms. The summed E-state index contributed by atoms with van der Waals surface area (Å²) in [5.41, 5.74) is 2.03. The summed E-state index contributed by atoms with van der Waals surface area (Å²) < 4.78 is 33.8. The molecule has 1 aliphatic rings. The van der Waals surface area contributed by atoms with E-state index in [-0.39, 0.29) is 35.8 Å². The van der Waals surface area contributed by atoms with E-state index in [0.717, 1.165) is 22.6 Å². The lowest BCUT2D eigenvalue weighted by molar-refractivity contribution is -0.122. The topological polar surface area (TPSA) is 81.7 Å². The highest BCUT2D eigenvalue weighted by Gasteiger charge is 2.30. The number of hydrogen-bond acceptors (Lipinski definition) is 5. The first-order valence-electron chi connectivity index (χ1n) is 9.65. The highest BCUT2D eigenvalue weighted by molar-refractivity contribution is 7.91. The van der Waals surface area contributed by atoms with Crippen LogP contribution in [0.25, 0.3) is 0 Å². The summed E-state index contributed by atoms with van der Waals surface area (Å²) in [6, 6.07) is 15.1. The Morgan fingerprint density at radius 3 is 2.14 bits per heavy atom. The molecule has 1 amide bonds. The lowest BCUT2D eigenvalue weighted by atomic mass is 9.97. The highest BCUT2D eigenvalue weighted by Crippen LogP contribution is 2.25. The van der Waals surface area contributed by atoms with Gasteiger partial charge in [0.2, 0.25) is 5.91 Å². The van der Waals surface area contributed by atoms with E-state index >= 15 is 0 Å². The van der Waals surface area contributed by atoms with Crippen LogP contribution < -0.4 is 14.8 Å². The summed E-state index contributed by atoms with van der Waals surface area (Å²) >= 11 is 0. The Bertz CT molecular complexity index is 923. The van der Waals surface area contributed by atoms with Crippen LogP contribution in [0.4, 0.5) is 0 Å². The fourth-order valence-corrected chi connectivity index (χ4v) is 5.50. The van der Waals surface area contributed by atoms with Crippen LogP contribution in [0, 0.1) is 5.92 Å². The Balaban J connectivity index is 1.73. The fourth-order valence-electron chi connectivity index (χ4n) is 3.63. The minimum absolute atomic E-state index is 0.0995. The Kier molecular flexibility index (Phi) is 6.79. The molecular weight excluding hydrogens is 390 g/mol. The average molecular weight is 418 g/mol. The standard InChI is InChI=1S/C22H27NO5S/c1-27-19-7-3-16(4-8-19)13-21(18-5-9-20(28-2)10-6-18)23-22(24)14-17-11-12-29(25,26)15-17/h3-10,17,21H,11-15H2,1-2H3,(H,23,24)/t17-,21-/m1/s1. The SMILES string of the molecule is COc1ccc(C[C@@H](NC(=O)C[C@H]2CCS(=O)(=O)C2)c2ccc(OC)cc2)cc1. The molecule has 3 rings (SSSR count). The number of rotatable bonds is 8. The second-order valence-corrected chi connectivity index (χ2v) is 9.65. The van der Waals surface area contributed by atoms with E-state index in [2.05, 4.69) is 5.32 Å². The zero-order valence-electron chi connectivity index (χ0n) is 16.8. The summed E-state index contributed by atoms with van der Waals surface area (Å²) in [7, 11) is 0.246. The quantitative estimate of drug-likeness (QED) is 0.714. The number of benzene rings is 2. The largest absolute Gasteiger partial charge is 0.497 e. The Morgan fingerprint density at radius 1 is 1.03 bits per heavy atom. The molecule has 2 aromatic carbocycles. The van der Waals surface area contributed by atoms with Crippen molar-refractivity contribution in [3.63, 3.8) is 0 Å². The van der Waals surface area contributed by atoms with Crippen molar-refractivity contribution >= 4 is 15.7 Å². The average Bonchev–Trinajstić information content (AvgIpc) is 3.06. The Labute approximate surface area is 172 Å². The summed E-state index contributed by atoms with van der Waals surface area (Å²) in [4.78, 5) is 12.7. The lowest BCUT2D eigenvalue weighted by Gasteiger charge is -2.21. The van der Waals surface area contributed by atoms with Gasteiger partial charge in [0.05, 0.1) is 31.8 Å². The maximum Gasteiger partial charge on any atom is 0.220 e. The van der Waals surface area contributed by atoms with Gasteiger partial charge in [0, 0.05) is 6.42 Å². The van der Waals surface area contributed by atoms with Crippen LogP contribution in [-0.4, -0.2) is 40.1 Å². The van der Waals surface area contributed by atoms with Crippen molar-refractivity contribution in [2.24, 2.45) is 5.92 Å². The van der Waals surface area contributed by atoms with E-state index in [1.807, 2.05) is 48.5 Å². The first kappa shape index (κ1) is 21.2. The molecule has 7 heteroatoms. The summed E-state index contributed by atoms with van der Waals surface area (Å²) in [5, 5.41) is 3.10. The second-order valence-electron chi connectivity index (χ2n) is 7.42. The van der Waals surface area contributed by atoms with Crippen LogP contribution in [0.1, 0.15) is 30.0 Å². The van der Waals surface area contributed by atoms with Crippen LogP contribution in [-0.2, 0) is 21.1 Å². The van der Waals surface area contributed by atoms with Gasteiger partial charge in [0.1, 0.15) is 11.5 Å². The van der Waals surface area contributed by atoms with Gasteiger partial charge in [0.25, 0.3) is 0 Å². The predicted octanol–water partition coefficient (Wildman–Crippen LogP) is 2.93. The van der Waals surface area contributed by atoms with Crippen molar-refractivity contribution < 1.29 is 22.7 Å². The molecule has 2 atom stereocenters. The number of nitrogens with one attached hydrogen (secondary N) is 1. The molecule has 1 aliphatic heterocycles. The van der Waals surface area contributed by atoms with E-state index in [4.69, 9.17) is 9.47 Å². The molecule has 29 heavy (non-hydrogen) atoms. The van der Waals surface area contributed by atoms with Crippen molar-refractivity contribution in [3.8, 4) is 11.5 Å². The monoisotopic (exact) mass is 417 g/mol. The third kappa shape index (κ3) is 5.97. The molecule has 1 N–H and O–H groups in total. The van der Waals surface area contributed by atoms with Gasteiger partial charge in [-0.05, 0) is 54.2 Å². The van der Waals surface area contributed by atoms with Gasteiger partial charge in [-0.15, -0.1) is 0 Å². The van der Waals surface area contributed by atoms with Crippen molar-refractivity contribution in [2.75, 3.05) is 25.7 Å². The van der Waals surface area contributed by atoms with Crippen LogP contribution in [0.2, 0.25) is 0 Å². The third-order valence-corrected chi connectivity index (χ3v) is 7.09. The molecule has 1 heterocycles. The smallest absolute Gasteiger partial charge is 0.220 e. The van der Waals surface area contributed by atoms with Crippen molar-refractivity contribution in [2.45, 2.75) is 25.3 Å². The molecule has 0 unspecified atom stereocenters. The van der Waals surface area contributed by atoms with Gasteiger partial charge < -0.3 is 14.8 Å². The van der Waals surface area contributed by atoms with Crippen molar-refractivity contribution in [3.05, 3.63) is 59.7 Å². The third-order valence-electron chi connectivity index (χ3n) is 5.25. The van der Waals surface area contributed by atoms with Crippen molar-refractivity contribution in [1.82, 2.24) is 5.32 Å². The van der Waals surface area contributed by atoms with Gasteiger partial charge in [-0.25, -0.2) is 8.42 Å². The van der Waals surface area contributed by atoms with Crippen LogP contribution in [0.3, 0.4) is 0 Å². The number of ether oxygens (including phenoxy) is 2. The summed E-state index contributed by atoms with van der Waals surface area (Å²) in [6.07, 6.45) is 1.40. The molecule has 0 bridgehead atoms. The molecule has 0 radical (unpaired) electrons. The van der Waals surface area contributed by atoms with E-state index in [1.54, 1.807) is 14.2 Å². The highest BCUT2D eigenvalue weighted by atomic mass is 32.2. The number of carbonyl (C=O) groups is 1.